The lowest BCUT2D eigenvalue weighted by molar-refractivity contribution is 0.579. The van der Waals surface area contributed by atoms with E-state index in [1.54, 1.807) is 6.92 Å². The highest BCUT2D eigenvalue weighted by atomic mass is 35.5. The second-order valence-corrected chi connectivity index (χ2v) is 7.50. The minimum Gasteiger partial charge on any atom is -0.252 e. The van der Waals surface area contributed by atoms with Gasteiger partial charge >= 0.3 is 0 Å². The van der Waals surface area contributed by atoms with Gasteiger partial charge in [-0.1, -0.05) is 32.4 Å². The first-order valence-corrected chi connectivity index (χ1v) is 8.57. The van der Waals surface area contributed by atoms with Gasteiger partial charge in [0, 0.05) is 11.3 Å². The van der Waals surface area contributed by atoms with Crippen molar-refractivity contribution in [2.75, 3.05) is 11.5 Å². The molecule has 104 valence electrons. The Balaban J connectivity index is 2.98. The molecule has 0 saturated carbocycles. The highest BCUT2D eigenvalue weighted by Gasteiger charge is 2.19. The molecule has 0 unspecified atom stereocenters. The predicted molar refractivity (Wildman–Crippen MR) is 75.2 cm³/mol. The Kier molecular flexibility index (Phi) is 5.49. The number of sulfone groups is 1. The molecular weight excluding hydrogens is 295 g/mol. The van der Waals surface area contributed by atoms with Crippen LogP contribution < -0.4 is 0 Å². The third-order valence-corrected chi connectivity index (χ3v) is 5.12. The van der Waals surface area contributed by atoms with Crippen molar-refractivity contribution in [1.82, 2.24) is 9.78 Å². The third-order valence-electron chi connectivity index (χ3n) is 2.75. The summed E-state index contributed by atoms with van der Waals surface area (Å²) in [4.78, 5) is 0. The summed E-state index contributed by atoms with van der Waals surface area (Å²) in [6.45, 7) is 5.90. The Morgan fingerprint density at radius 1 is 1.39 bits per heavy atom. The van der Waals surface area contributed by atoms with E-state index in [-0.39, 0.29) is 29.8 Å². The molecule has 1 heterocycles. The Morgan fingerprint density at radius 3 is 2.39 bits per heavy atom. The van der Waals surface area contributed by atoms with E-state index >= 15 is 0 Å². The van der Waals surface area contributed by atoms with Gasteiger partial charge in [0.1, 0.15) is 5.15 Å². The summed E-state index contributed by atoms with van der Waals surface area (Å²) >= 11 is 12.0. The molecule has 18 heavy (non-hydrogen) atoms. The van der Waals surface area contributed by atoms with Gasteiger partial charge in [0.25, 0.3) is 0 Å². The maximum atomic E-state index is 11.5. The van der Waals surface area contributed by atoms with Gasteiger partial charge in [0.2, 0.25) is 0 Å². The molecule has 7 heteroatoms. The zero-order valence-electron chi connectivity index (χ0n) is 10.8. The molecule has 1 aromatic rings. The highest BCUT2D eigenvalue weighted by molar-refractivity contribution is 7.91. The lowest BCUT2D eigenvalue weighted by Gasteiger charge is -2.03. The Bertz CT molecular complexity index is 509. The topological polar surface area (TPSA) is 52.0 Å². The largest absolute Gasteiger partial charge is 0.252 e. The molecule has 0 aromatic carbocycles. The van der Waals surface area contributed by atoms with Crippen molar-refractivity contribution >= 4 is 33.0 Å². The van der Waals surface area contributed by atoms with Crippen LogP contribution in [0.5, 0.6) is 0 Å². The average molecular weight is 313 g/mol. The van der Waals surface area contributed by atoms with Gasteiger partial charge in [-0.25, -0.2) is 8.42 Å². The van der Waals surface area contributed by atoms with E-state index in [9.17, 15) is 8.42 Å². The summed E-state index contributed by atoms with van der Waals surface area (Å²) in [7, 11) is -3.02. The van der Waals surface area contributed by atoms with Gasteiger partial charge in [-0.3, -0.25) is 4.68 Å². The van der Waals surface area contributed by atoms with Crippen molar-refractivity contribution in [3.05, 3.63) is 16.4 Å². The van der Waals surface area contributed by atoms with Crippen molar-refractivity contribution in [2.24, 2.45) is 0 Å². The summed E-state index contributed by atoms with van der Waals surface area (Å²) in [6.07, 6.45) is 0. The van der Waals surface area contributed by atoms with Crippen molar-refractivity contribution < 1.29 is 8.42 Å². The first kappa shape index (κ1) is 15.8. The molecule has 0 spiro atoms. The van der Waals surface area contributed by atoms with Crippen LogP contribution in [0, 0.1) is 0 Å². The second-order valence-electron chi connectivity index (χ2n) is 4.40. The standard InChI is InChI=1S/C11H18Cl2N2O2S/c1-4-18(16,17)6-5-15-11(13)9(7-12)10(14-15)8(2)3/h8H,4-7H2,1-3H3. The minimum absolute atomic E-state index is 0.0458. The lowest BCUT2D eigenvalue weighted by atomic mass is 10.1. The molecule has 0 saturated heterocycles. The summed E-state index contributed by atoms with van der Waals surface area (Å²) in [5, 5.41) is 4.80. The fourth-order valence-corrected chi connectivity index (χ4v) is 2.96. The molecule has 0 N–H and O–H groups in total. The predicted octanol–water partition coefficient (Wildman–Crippen LogP) is 2.83. The van der Waals surface area contributed by atoms with Crippen LogP contribution in [0.25, 0.3) is 0 Å². The molecule has 0 aliphatic carbocycles. The fourth-order valence-electron chi connectivity index (χ4n) is 1.60. The molecule has 0 atom stereocenters. The number of aryl methyl sites for hydroxylation is 1. The van der Waals surface area contributed by atoms with E-state index in [1.165, 1.54) is 4.68 Å². The van der Waals surface area contributed by atoms with Crippen LogP contribution in [0.3, 0.4) is 0 Å². The molecule has 0 aliphatic rings. The van der Waals surface area contributed by atoms with Crippen molar-refractivity contribution in [1.29, 1.82) is 0 Å². The quantitative estimate of drug-likeness (QED) is 0.759. The number of hydrogen-bond donors (Lipinski definition) is 0. The monoisotopic (exact) mass is 312 g/mol. The lowest BCUT2D eigenvalue weighted by Crippen LogP contribution is -2.15. The Hall–Kier alpha value is -0.260. The summed E-state index contributed by atoms with van der Waals surface area (Å²) < 4.78 is 24.5. The van der Waals surface area contributed by atoms with Crippen molar-refractivity contribution in [3.63, 3.8) is 0 Å². The smallest absolute Gasteiger partial charge is 0.151 e. The number of rotatable bonds is 6. The van der Waals surface area contributed by atoms with E-state index < -0.39 is 9.84 Å². The Labute approximate surface area is 118 Å². The van der Waals surface area contributed by atoms with Gasteiger partial charge in [-0.2, -0.15) is 5.10 Å². The molecule has 4 nitrogen and oxygen atoms in total. The minimum atomic E-state index is -3.02. The molecule has 0 amide bonds. The van der Waals surface area contributed by atoms with E-state index in [0.29, 0.717) is 5.15 Å². The van der Waals surface area contributed by atoms with Gasteiger partial charge in [0.15, 0.2) is 9.84 Å². The second kappa shape index (κ2) is 6.26. The van der Waals surface area contributed by atoms with Gasteiger partial charge in [-0.05, 0) is 5.92 Å². The molecule has 0 bridgehead atoms. The zero-order chi connectivity index (χ0) is 13.9. The van der Waals surface area contributed by atoms with Gasteiger partial charge in [0.05, 0.1) is 23.9 Å². The van der Waals surface area contributed by atoms with Crippen LogP contribution in [-0.4, -0.2) is 29.7 Å². The Morgan fingerprint density at radius 2 is 2.00 bits per heavy atom. The average Bonchev–Trinajstić information content (AvgIpc) is 2.63. The van der Waals surface area contributed by atoms with E-state index in [0.717, 1.165) is 11.3 Å². The summed E-state index contributed by atoms with van der Waals surface area (Å²) in [6, 6.07) is 0. The van der Waals surface area contributed by atoms with Gasteiger partial charge in [-0.15, -0.1) is 11.6 Å². The highest BCUT2D eigenvalue weighted by Crippen LogP contribution is 2.27. The first-order chi connectivity index (χ1) is 8.32. The molecule has 1 rings (SSSR count). The number of alkyl halides is 1. The van der Waals surface area contributed by atoms with Crippen LogP contribution in [0.1, 0.15) is 37.9 Å². The normalized spacial score (nSPS) is 12.3. The van der Waals surface area contributed by atoms with Gasteiger partial charge < -0.3 is 0 Å². The third kappa shape index (κ3) is 3.62. The first-order valence-electron chi connectivity index (χ1n) is 5.83. The molecule has 0 fully saturated rings. The maximum Gasteiger partial charge on any atom is 0.151 e. The number of aromatic nitrogens is 2. The summed E-state index contributed by atoms with van der Waals surface area (Å²) in [5.41, 5.74) is 1.63. The van der Waals surface area contributed by atoms with Crippen LogP contribution in [-0.2, 0) is 22.3 Å². The molecule has 0 radical (unpaired) electrons. The zero-order valence-corrected chi connectivity index (χ0v) is 13.1. The molecule has 0 aliphatic heterocycles. The summed E-state index contributed by atoms with van der Waals surface area (Å²) in [5.74, 6) is 0.669. The van der Waals surface area contributed by atoms with E-state index in [1.807, 2.05) is 13.8 Å². The van der Waals surface area contributed by atoms with Crippen LogP contribution in [0.15, 0.2) is 0 Å². The van der Waals surface area contributed by atoms with Crippen LogP contribution in [0.2, 0.25) is 5.15 Å². The number of nitrogens with zero attached hydrogens (tertiary/aromatic N) is 2. The SMILES string of the molecule is CCS(=O)(=O)CCn1nc(C(C)C)c(CCl)c1Cl. The van der Waals surface area contributed by atoms with Crippen molar-refractivity contribution in [3.8, 4) is 0 Å². The van der Waals surface area contributed by atoms with Crippen molar-refractivity contribution in [2.45, 2.75) is 39.1 Å². The van der Waals surface area contributed by atoms with Crippen LogP contribution >= 0.6 is 23.2 Å². The molecule has 1 aromatic heterocycles. The fraction of sp³-hybridized carbons (Fsp3) is 0.727. The van der Waals surface area contributed by atoms with Crippen LogP contribution in [0.4, 0.5) is 0 Å². The maximum absolute atomic E-state index is 11.5. The van der Waals surface area contributed by atoms with E-state index in [4.69, 9.17) is 23.2 Å². The van der Waals surface area contributed by atoms with E-state index in [2.05, 4.69) is 5.10 Å². The molecular formula is C11H18Cl2N2O2S. The number of hydrogen-bond acceptors (Lipinski definition) is 3. The number of halogens is 2.